The fourth-order valence-corrected chi connectivity index (χ4v) is 3.32. The predicted molar refractivity (Wildman–Crippen MR) is 115 cm³/mol. The molecule has 30 heavy (non-hydrogen) atoms. The molecule has 0 spiro atoms. The number of furan rings is 1. The molecule has 1 N–H and O–H groups in total. The number of nitrogens with zero attached hydrogens (tertiary/aromatic N) is 4. The Morgan fingerprint density at radius 1 is 1.20 bits per heavy atom. The van der Waals surface area contributed by atoms with E-state index in [-0.39, 0.29) is 18.3 Å². The molecule has 1 aliphatic rings. The van der Waals surface area contributed by atoms with Crippen LogP contribution in [0.5, 0.6) is 0 Å². The standard InChI is InChI=1S/C22H30FN5O2/c1-26(2)21(29)16-25-22(24-9-8-20-7-4-14-30-20)28-12-10-27(11-13-28)17-18-5-3-6-19(23)15-18/h3-7,14-15H,8-13,16-17H2,1-2H3,(H,24,25). The summed E-state index contributed by atoms with van der Waals surface area (Å²) in [5, 5.41) is 3.37. The van der Waals surface area contributed by atoms with Gasteiger partial charge in [0.05, 0.1) is 6.26 Å². The third-order valence-corrected chi connectivity index (χ3v) is 5.06. The van der Waals surface area contributed by atoms with Gasteiger partial charge in [0.15, 0.2) is 5.96 Å². The number of benzene rings is 1. The zero-order valence-electron chi connectivity index (χ0n) is 17.7. The lowest BCUT2D eigenvalue weighted by Crippen LogP contribution is -2.52. The highest BCUT2D eigenvalue weighted by Gasteiger charge is 2.20. The van der Waals surface area contributed by atoms with Crippen LogP contribution < -0.4 is 5.32 Å². The van der Waals surface area contributed by atoms with Crippen molar-refractivity contribution in [1.82, 2.24) is 20.0 Å². The number of amides is 1. The van der Waals surface area contributed by atoms with Crippen LogP contribution in [0.2, 0.25) is 0 Å². The summed E-state index contributed by atoms with van der Waals surface area (Å²) in [6, 6.07) is 10.6. The smallest absolute Gasteiger partial charge is 0.243 e. The molecular weight excluding hydrogens is 385 g/mol. The number of halogens is 1. The van der Waals surface area contributed by atoms with E-state index < -0.39 is 0 Å². The molecule has 162 valence electrons. The fourth-order valence-electron chi connectivity index (χ4n) is 3.32. The highest BCUT2D eigenvalue weighted by molar-refractivity contribution is 5.84. The first-order valence-electron chi connectivity index (χ1n) is 10.2. The van der Waals surface area contributed by atoms with Crippen molar-refractivity contribution in [2.24, 2.45) is 4.99 Å². The largest absolute Gasteiger partial charge is 0.469 e. The van der Waals surface area contributed by atoms with Gasteiger partial charge in [0.25, 0.3) is 0 Å². The lowest BCUT2D eigenvalue weighted by atomic mass is 10.2. The van der Waals surface area contributed by atoms with Gasteiger partial charge >= 0.3 is 0 Å². The molecule has 1 saturated heterocycles. The lowest BCUT2D eigenvalue weighted by molar-refractivity contribution is -0.127. The molecule has 1 aromatic heterocycles. The van der Waals surface area contributed by atoms with Gasteiger partial charge in [-0.3, -0.25) is 9.69 Å². The third-order valence-electron chi connectivity index (χ3n) is 5.06. The number of hydrogen-bond donors (Lipinski definition) is 1. The quantitative estimate of drug-likeness (QED) is 0.552. The molecule has 0 atom stereocenters. The van der Waals surface area contributed by atoms with E-state index >= 15 is 0 Å². The summed E-state index contributed by atoms with van der Waals surface area (Å²) in [5.74, 6) is 1.41. The zero-order chi connectivity index (χ0) is 21.3. The van der Waals surface area contributed by atoms with Crippen LogP contribution in [0.15, 0.2) is 52.1 Å². The highest BCUT2D eigenvalue weighted by atomic mass is 19.1. The summed E-state index contributed by atoms with van der Waals surface area (Å²) in [4.78, 5) is 22.6. The van der Waals surface area contributed by atoms with E-state index in [0.717, 1.165) is 56.4 Å². The minimum Gasteiger partial charge on any atom is -0.469 e. The van der Waals surface area contributed by atoms with E-state index in [1.807, 2.05) is 18.2 Å². The van der Waals surface area contributed by atoms with Crippen molar-refractivity contribution >= 4 is 11.9 Å². The number of hydrogen-bond acceptors (Lipinski definition) is 4. The number of nitrogens with one attached hydrogen (secondary N) is 1. The summed E-state index contributed by atoms with van der Waals surface area (Å²) >= 11 is 0. The Kier molecular flexibility index (Phi) is 7.84. The van der Waals surface area contributed by atoms with Crippen LogP contribution in [0.4, 0.5) is 4.39 Å². The summed E-state index contributed by atoms with van der Waals surface area (Å²) in [6.07, 6.45) is 2.41. The number of likely N-dealkylation sites (N-methyl/N-ethyl adjacent to an activating group) is 1. The van der Waals surface area contributed by atoms with Gasteiger partial charge in [-0.1, -0.05) is 12.1 Å². The number of guanidine groups is 1. The Balaban J connectivity index is 1.55. The average Bonchev–Trinajstić information content (AvgIpc) is 3.24. The van der Waals surface area contributed by atoms with Gasteiger partial charge < -0.3 is 19.5 Å². The summed E-state index contributed by atoms with van der Waals surface area (Å²) in [7, 11) is 3.46. The molecule has 3 rings (SSSR count). The van der Waals surface area contributed by atoms with Crippen LogP contribution in [-0.4, -0.2) is 79.9 Å². The van der Waals surface area contributed by atoms with Crippen LogP contribution in [-0.2, 0) is 17.8 Å². The van der Waals surface area contributed by atoms with Crippen molar-refractivity contribution in [1.29, 1.82) is 0 Å². The normalized spacial score (nSPS) is 15.3. The van der Waals surface area contributed by atoms with E-state index in [4.69, 9.17) is 4.42 Å². The minimum absolute atomic E-state index is 0.0370. The molecule has 1 amide bonds. The zero-order valence-corrected chi connectivity index (χ0v) is 17.7. The maximum absolute atomic E-state index is 13.4. The van der Waals surface area contributed by atoms with E-state index in [0.29, 0.717) is 6.54 Å². The molecule has 1 aromatic carbocycles. The summed E-state index contributed by atoms with van der Waals surface area (Å²) in [5.41, 5.74) is 0.977. The number of aliphatic imine (C=N–C) groups is 1. The summed E-state index contributed by atoms with van der Waals surface area (Å²) < 4.78 is 18.8. The Morgan fingerprint density at radius 2 is 2.00 bits per heavy atom. The van der Waals surface area contributed by atoms with E-state index in [2.05, 4.69) is 20.1 Å². The van der Waals surface area contributed by atoms with Gasteiger partial charge in [-0.05, 0) is 29.8 Å². The molecule has 0 unspecified atom stereocenters. The fraction of sp³-hybridized carbons (Fsp3) is 0.455. The number of carbonyl (C=O) groups is 1. The maximum Gasteiger partial charge on any atom is 0.243 e. The molecule has 8 heteroatoms. The molecule has 0 radical (unpaired) electrons. The van der Waals surface area contributed by atoms with Crippen LogP contribution in [0.1, 0.15) is 11.3 Å². The Labute approximate surface area is 177 Å². The molecule has 0 bridgehead atoms. The molecule has 0 saturated carbocycles. The van der Waals surface area contributed by atoms with Gasteiger partial charge in [-0.2, -0.15) is 0 Å². The second kappa shape index (κ2) is 10.8. The first kappa shape index (κ1) is 21.8. The van der Waals surface area contributed by atoms with Crippen LogP contribution >= 0.6 is 0 Å². The Hall–Kier alpha value is -2.87. The predicted octanol–water partition coefficient (Wildman–Crippen LogP) is 1.81. The number of piperazine rings is 1. The van der Waals surface area contributed by atoms with Crippen molar-refractivity contribution in [2.45, 2.75) is 13.0 Å². The van der Waals surface area contributed by atoms with Crippen molar-refractivity contribution in [3.63, 3.8) is 0 Å². The van der Waals surface area contributed by atoms with Crippen molar-refractivity contribution < 1.29 is 13.6 Å². The van der Waals surface area contributed by atoms with E-state index in [1.54, 1.807) is 37.4 Å². The van der Waals surface area contributed by atoms with Gasteiger partial charge in [-0.25, -0.2) is 9.38 Å². The SMILES string of the molecule is CN(C)C(=O)CN=C(NCCc1ccco1)N1CCN(Cc2cccc(F)c2)CC1. The highest BCUT2D eigenvalue weighted by Crippen LogP contribution is 2.10. The van der Waals surface area contributed by atoms with Crippen molar-refractivity contribution in [3.8, 4) is 0 Å². The van der Waals surface area contributed by atoms with E-state index in [1.165, 1.54) is 6.07 Å². The first-order chi connectivity index (χ1) is 14.5. The molecule has 2 heterocycles. The van der Waals surface area contributed by atoms with Gasteiger partial charge in [0.2, 0.25) is 5.91 Å². The monoisotopic (exact) mass is 415 g/mol. The average molecular weight is 416 g/mol. The second-order valence-electron chi connectivity index (χ2n) is 7.58. The topological polar surface area (TPSA) is 64.3 Å². The minimum atomic E-state index is -0.202. The Bertz CT molecular complexity index is 830. The van der Waals surface area contributed by atoms with Crippen LogP contribution in [0.25, 0.3) is 0 Å². The molecule has 2 aromatic rings. The molecular formula is C22H30FN5O2. The van der Waals surface area contributed by atoms with Gasteiger partial charge in [-0.15, -0.1) is 0 Å². The van der Waals surface area contributed by atoms with Crippen molar-refractivity contribution in [2.75, 3.05) is 53.4 Å². The second-order valence-corrected chi connectivity index (χ2v) is 7.58. The molecule has 7 nitrogen and oxygen atoms in total. The number of rotatable bonds is 7. The maximum atomic E-state index is 13.4. The van der Waals surface area contributed by atoms with Gasteiger partial charge in [0, 0.05) is 59.8 Å². The first-order valence-corrected chi connectivity index (χ1v) is 10.2. The molecule has 0 aliphatic carbocycles. The van der Waals surface area contributed by atoms with Crippen LogP contribution in [0, 0.1) is 5.82 Å². The lowest BCUT2D eigenvalue weighted by Gasteiger charge is -2.36. The Morgan fingerprint density at radius 3 is 2.67 bits per heavy atom. The van der Waals surface area contributed by atoms with Gasteiger partial charge in [0.1, 0.15) is 18.1 Å². The number of carbonyl (C=O) groups excluding carboxylic acids is 1. The molecule has 1 fully saturated rings. The van der Waals surface area contributed by atoms with E-state index in [9.17, 15) is 9.18 Å². The van der Waals surface area contributed by atoms with Crippen LogP contribution in [0.3, 0.4) is 0 Å². The third kappa shape index (κ3) is 6.59. The summed E-state index contributed by atoms with van der Waals surface area (Å²) in [6.45, 7) is 4.78. The van der Waals surface area contributed by atoms with Crippen molar-refractivity contribution in [3.05, 3.63) is 59.8 Å². The molecule has 1 aliphatic heterocycles.